The van der Waals surface area contributed by atoms with Gasteiger partial charge < -0.3 is 9.47 Å². The molecule has 6 nitrogen and oxygen atoms in total. The monoisotopic (exact) mass is 447 g/mol. The molecule has 4 rings (SSSR count). The van der Waals surface area contributed by atoms with E-state index in [1.165, 1.54) is 11.3 Å². The normalized spacial score (nSPS) is 17.9. The van der Waals surface area contributed by atoms with Gasteiger partial charge in [0.25, 0.3) is 5.91 Å². The third-order valence-corrected chi connectivity index (χ3v) is 6.21. The zero-order valence-electron chi connectivity index (χ0n) is 18.5. The van der Waals surface area contributed by atoms with E-state index < -0.39 is 0 Å². The van der Waals surface area contributed by atoms with E-state index >= 15 is 0 Å². The van der Waals surface area contributed by atoms with Crippen LogP contribution < -0.4 is 14.8 Å². The van der Waals surface area contributed by atoms with E-state index in [1.54, 1.807) is 25.6 Å². The summed E-state index contributed by atoms with van der Waals surface area (Å²) in [6.07, 6.45) is 7.45. The maximum atomic E-state index is 12.6. The number of rotatable bonds is 6. The molecule has 1 aliphatic carbocycles. The number of nitrogens with one attached hydrogen (secondary N) is 1. The van der Waals surface area contributed by atoms with Crippen molar-refractivity contribution in [2.75, 3.05) is 12.4 Å². The average Bonchev–Trinajstić information content (AvgIpc) is 3.22. The van der Waals surface area contributed by atoms with Gasteiger partial charge in [-0.05, 0) is 67.8 Å². The Morgan fingerprint density at radius 2 is 1.88 bits per heavy atom. The van der Waals surface area contributed by atoms with Crippen LogP contribution in [0.1, 0.15) is 41.4 Å². The minimum absolute atomic E-state index is 0.128. The van der Waals surface area contributed by atoms with E-state index in [-0.39, 0.29) is 17.7 Å². The Morgan fingerprint density at radius 3 is 2.56 bits per heavy atom. The molecule has 0 fully saturated rings. The highest BCUT2D eigenvalue weighted by Crippen LogP contribution is 2.39. The molecule has 3 aromatic rings. The van der Waals surface area contributed by atoms with Gasteiger partial charge in [0, 0.05) is 29.3 Å². The number of amides is 1. The molecular formula is C25H25N3O3S. The van der Waals surface area contributed by atoms with Gasteiger partial charge >= 0.3 is 0 Å². The number of carbonyl (C=O) groups excluding carboxylic acids is 1. The molecule has 0 bridgehead atoms. The molecule has 0 aliphatic heterocycles. The number of pyridine rings is 1. The van der Waals surface area contributed by atoms with Crippen LogP contribution in [0.2, 0.25) is 0 Å². The number of benzene rings is 1. The van der Waals surface area contributed by atoms with Crippen LogP contribution in [0.4, 0.5) is 5.13 Å². The summed E-state index contributed by atoms with van der Waals surface area (Å²) in [4.78, 5) is 21.3. The van der Waals surface area contributed by atoms with Gasteiger partial charge in [-0.3, -0.25) is 15.1 Å². The van der Waals surface area contributed by atoms with E-state index in [0.717, 1.165) is 34.1 Å². The van der Waals surface area contributed by atoms with Crippen LogP contribution in [-0.4, -0.2) is 23.0 Å². The molecule has 2 atom stereocenters. The largest absolute Gasteiger partial charge is 0.497 e. The maximum Gasteiger partial charge on any atom is 0.257 e. The highest BCUT2D eigenvalue weighted by molar-refractivity contribution is 7.14. The Bertz CT molecular complexity index is 1180. The first kappa shape index (κ1) is 21.8. The minimum Gasteiger partial charge on any atom is -0.497 e. The van der Waals surface area contributed by atoms with Crippen LogP contribution >= 0.6 is 11.3 Å². The Balaban J connectivity index is 1.46. The van der Waals surface area contributed by atoms with Crippen molar-refractivity contribution in [3.05, 3.63) is 88.4 Å². The third-order valence-electron chi connectivity index (χ3n) is 5.43. The molecule has 1 N–H and O–H groups in total. The average molecular weight is 448 g/mol. The summed E-state index contributed by atoms with van der Waals surface area (Å²) in [5.74, 6) is 2.51. The Hall–Kier alpha value is -3.45. The first-order chi connectivity index (χ1) is 15.4. The molecule has 2 heterocycles. The number of anilines is 1. The molecule has 0 radical (unpaired) electrons. The van der Waals surface area contributed by atoms with Gasteiger partial charge in [-0.25, -0.2) is 4.98 Å². The summed E-state index contributed by atoms with van der Waals surface area (Å²) >= 11 is 1.43. The van der Waals surface area contributed by atoms with Gasteiger partial charge in [0.05, 0.1) is 12.8 Å². The first-order valence-corrected chi connectivity index (χ1v) is 11.2. The Morgan fingerprint density at radius 1 is 1.12 bits per heavy atom. The summed E-state index contributed by atoms with van der Waals surface area (Å²) in [5.41, 5.74) is 3.53. The molecule has 0 saturated carbocycles. The van der Waals surface area contributed by atoms with Crippen molar-refractivity contribution in [1.29, 1.82) is 0 Å². The van der Waals surface area contributed by atoms with Crippen LogP contribution in [0, 0.1) is 12.8 Å². The molecule has 2 unspecified atom stereocenters. The number of hydrogen-bond acceptors (Lipinski definition) is 6. The summed E-state index contributed by atoms with van der Waals surface area (Å²) < 4.78 is 11.2. The lowest BCUT2D eigenvalue weighted by atomic mass is 9.81. The second-order valence-corrected chi connectivity index (χ2v) is 8.65. The van der Waals surface area contributed by atoms with Crippen molar-refractivity contribution in [3.63, 3.8) is 0 Å². The standard InChI is InChI=1S/C25H25N3O3S/c1-15-11-20(31-19-7-5-18(30-4)6-8-19)12-16(2)23(15)22-14-32-25(27-22)28-24(29)21-9-10-26-13-17(21)3/h5-15,23H,1-4H3,(H,27,28,29). The molecule has 32 heavy (non-hydrogen) atoms. The summed E-state index contributed by atoms with van der Waals surface area (Å²) in [6, 6.07) is 9.24. The van der Waals surface area contributed by atoms with Crippen molar-refractivity contribution in [2.24, 2.45) is 5.92 Å². The number of methoxy groups -OCH3 is 1. The minimum atomic E-state index is -0.176. The second kappa shape index (κ2) is 9.36. The molecular weight excluding hydrogens is 422 g/mol. The van der Waals surface area contributed by atoms with Crippen molar-refractivity contribution < 1.29 is 14.3 Å². The molecule has 2 aromatic heterocycles. The van der Waals surface area contributed by atoms with E-state index in [9.17, 15) is 4.79 Å². The lowest BCUT2D eigenvalue weighted by Crippen LogP contribution is -2.16. The number of aromatic nitrogens is 2. The van der Waals surface area contributed by atoms with Crippen LogP contribution in [-0.2, 0) is 0 Å². The second-order valence-electron chi connectivity index (χ2n) is 7.79. The van der Waals surface area contributed by atoms with Gasteiger partial charge in [0.2, 0.25) is 0 Å². The molecule has 164 valence electrons. The highest BCUT2D eigenvalue weighted by Gasteiger charge is 2.27. The lowest BCUT2D eigenvalue weighted by Gasteiger charge is -2.26. The van der Waals surface area contributed by atoms with E-state index in [4.69, 9.17) is 14.5 Å². The Labute approximate surface area is 191 Å². The number of ether oxygens (including phenoxy) is 2. The summed E-state index contributed by atoms with van der Waals surface area (Å²) in [6.45, 7) is 6.10. The van der Waals surface area contributed by atoms with Crippen molar-refractivity contribution >= 4 is 22.4 Å². The van der Waals surface area contributed by atoms with Crippen LogP contribution in [0.5, 0.6) is 11.5 Å². The van der Waals surface area contributed by atoms with E-state index in [2.05, 4.69) is 30.2 Å². The number of allylic oxidation sites excluding steroid dienone is 3. The summed E-state index contributed by atoms with van der Waals surface area (Å²) in [5, 5.41) is 5.51. The van der Waals surface area contributed by atoms with Crippen LogP contribution in [0.15, 0.2) is 71.6 Å². The predicted molar refractivity (Wildman–Crippen MR) is 126 cm³/mol. The predicted octanol–water partition coefficient (Wildman–Crippen LogP) is 5.75. The topological polar surface area (TPSA) is 73.3 Å². The smallest absolute Gasteiger partial charge is 0.257 e. The highest BCUT2D eigenvalue weighted by atomic mass is 32.1. The van der Waals surface area contributed by atoms with Crippen LogP contribution in [0.25, 0.3) is 0 Å². The molecule has 1 aromatic carbocycles. The fraction of sp³-hybridized carbons (Fsp3) is 0.240. The number of hydrogen-bond donors (Lipinski definition) is 1. The summed E-state index contributed by atoms with van der Waals surface area (Å²) in [7, 11) is 1.64. The van der Waals surface area contributed by atoms with Crippen molar-refractivity contribution in [2.45, 2.75) is 26.7 Å². The number of carbonyl (C=O) groups is 1. The zero-order chi connectivity index (χ0) is 22.7. The van der Waals surface area contributed by atoms with E-state index in [1.807, 2.05) is 42.6 Å². The molecule has 1 aliphatic rings. The van der Waals surface area contributed by atoms with Gasteiger partial charge in [-0.1, -0.05) is 12.5 Å². The molecule has 0 spiro atoms. The van der Waals surface area contributed by atoms with Crippen LogP contribution in [0.3, 0.4) is 0 Å². The lowest BCUT2D eigenvalue weighted by molar-refractivity contribution is 0.102. The van der Waals surface area contributed by atoms with Gasteiger partial charge in [0.15, 0.2) is 5.13 Å². The van der Waals surface area contributed by atoms with Gasteiger partial charge in [-0.2, -0.15) is 0 Å². The molecule has 0 saturated heterocycles. The van der Waals surface area contributed by atoms with Gasteiger partial charge in [-0.15, -0.1) is 11.3 Å². The zero-order valence-corrected chi connectivity index (χ0v) is 19.3. The van der Waals surface area contributed by atoms with Crippen molar-refractivity contribution in [3.8, 4) is 11.5 Å². The third kappa shape index (κ3) is 4.73. The number of thiazole rings is 1. The Kier molecular flexibility index (Phi) is 6.37. The number of aryl methyl sites for hydroxylation is 1. The first-order valence-electron chi connectivity index (χ1n) is 10.3. The fourth-order valence-corrected chi connectivity index (χ4v) is 4.60. The number of nitrogens with zero attached hydrogens (tertiary/aromatic N) is 2. The quantitative estimate of drug-likeness (QED) is 0.521. The molecule has 1 amide bonds. The van der Waals surface area contributed by atoms with Crippen molar-refractivity contribution in [1.82, 2.24) is 9.97 Å². The molecule has 7 heteroatoms. The fourth-order valence-electron chi connectivity index (χ4n) is 3.86. The van der Waals surface area contributed by atoms with Gasteiger partial charge in [0.1, 0.15) is 17.3 Å². The SMILES string of the molecule is COc1ccc(OC2=CC(C)C(c3csc(NC(=O)c4ccncc4C)n3)C(C)=C2)cc1. The maximum absolute atomic E-state index is 12.6. The van der Waals surface area contributed by atoms with E-state index in [0.29, 0.717) is 10.7 Å².